The molecule has 0 saturated heterocycles. The SMILES string of the molecule is N#Cc1cc(Cl)cc(-c2cc(-c3ccccc3)cc(-c3ccccc3)c2)c1. The highest BCUT2D eigenvalue weighted by atomic mass is 35.5. The minimum Gasteiger partial charge on any atom is -0.192 e. The molecule has 1 nitrogen and oxygen atoms in total. The fraction of sp³-hybridized carbons (Fsp3) is 0. The Labute approximate surface area is 164 Å². The third-order valence-corrected chi connectivity index (χ3v) is 4.73. The van der Waals surface area contributed by atoms with Gasteiger partial charge in [0, 0.05) is 5.02 Å². The van der Waals surface area contributed by atoms with Crippen molar-refractivity contribution in [3.8, 4) is 39.4 Å². The summed E-state index contributed by atoms with van der Waals surface area (Å²) in [6.07, 6.45) is 0. The van der Waals surface area contributed by atoms with Gasteiger partial charge in [-0.25, -0.2) is 0 Å². The van der Waals surface area contributed by atoms with Crippen molar-refractivity contribution in [2.75, 3.05) is 0 Å². The lowest BCUT2D eigenvalue weighted by atomic mass is 9.93. The van der Waals surface area contributed by atoms with Crippen molar-refractivity contribution in [1.29, 1.82) is 5.26 Å². The van der Waals surface area contributed by atoms with Crippen LogP contribution in [-0.4, -0.2) is 0 Å². The van der Waals surface area contributed by atoms with E-state index in [2.05, 4.69) is 48.5 Å². The predicted molar refractivity (Wildman–Crippen MR) is 112 cm³/mol. The number of nitriles is 1. The van der Waals surface area contributed by atoms with Crippen LogP contribution in [0.1, 0.15) is 5.56 Å². The molecule has 27 heavy (non-hydrogen) atoms. The van der Waals surface area contributed by atoms with Crippen LogP contribution in [0.15, 0.2) is 97.1 Å². The molecule has 0 heterocycles. The zero-order chi connectivity index (χ0) is 18.6. The molecule has 4 aromatic rings. The van der Waals surface area contributed by atoms with Gasteiger partial charge in [-0.15, -0.1) is 0 Å². The van der Waals surface area contributed by atoms with Gasteiger partial charge >= 0.3 is 0 Å². The Hall–Kier alpha value is -3.34. The molecule has 0 aliphatic rings. The van der Waals surface area contributed by atoms with Crippen LogP contribution in [0.4, 0.5) is 0 Å². The van der Waals surface area contributed by atoms with Gasteiger partial charge in [0.15, 0.2) is 0 Å². The van der Waals surface area contributed by atoms with Gasteiger partial charge in [-0.1, -0.05) is 72.3 Å². The molecule has 0 aromatic heterocycles. The van der Waals surface area contributed by atoms with Crippen molar-refractivity contribution in [2.45, 2.75) is 0 Å². The minimum atomic E-state index is 0.559. The van der Waals surface area contributed by atoms with Crippen molar-refractivity contribution in [2.24, 2.45) is 0 Å². The Morgan fingerprint density at radius 2 is 0.963 bits per heavy atom. The molecular formula is C25H16ClN. The fourth-order valence-electron chi connectivity index (χ4n) is 3.21. The van der Waals surface area contributed by atoms with Gasteiger partial charge in [-0.05, 0) is 69.8 Å². The van der Waals surface area contributed by atoms with Crippen LogP contribution >= 0.6 is 11.6 Å². The van der Waals surface area contributed by atoms with Crippen LogP contribution < -0.4 is 0 Å². The summed E-state index contributed by atoms with van der Waals surface area (Å²) in [4.78, 5) is 0. The molecule has 4 rings (SSSR count). The maximum absolute atomic E-state index is 9.29. The van der Waals surface area contributed by atoms with E-state index in [1.165, 1.54) is 0 Å². The normalized spacial score (nSPS) is 10.4. The highest BCUT2D eigenvalue weighted by Gasteiger charge is 2.09. The largest absolute Gasteiger partial charge is 0.192 e. The third kappa shape index (κ3) is 3.77. The molecule has 0 unspecified atom stereocenters. The number of hydrogen-bond donors (Lipinski definition) is 0. The maximum Gasteiger partial charge on any atom is 0.0992 e. The zero-order valence-corrected chi connectivity index (χ0v) is 15.3. The lowest BCUT2D eigenvalue weighted by molar-refractivity contribution is 1.48. The molecule has 0 amide bonds. The van der Waals surface area contributed by atoms with E-state index in [4.69, 9.17) is 11.6 Å². The molecule has 4 aromatic carbocycles. The summed E-state index contributed by atoms with van der Waals surface area (Å²) in [6.45, 7) is 0. The van der Waals surface area contributed by atoms with Crippen molar-refractivity contribution in [3.05, 3.63) is 108 Å². The molecule has 0 N–H and O–H groups in total. The van der Waals surface area contributed by atoms with E-state index in [9.17, 15) is 5.26 Å². The number of nitrogens with zero attached hydrogens (tertiary/aromatic N) is 1. The molecule has 0 saturated carbocycles. The van der Waals surface area contributed by atoms with Crippen molar-refractivity contribution >= 4 is 11.6 Å². The monoisotopic (exact) mass is 365 g/mol. The summed E-state index contributed by atoms with van der Waals surface area (Å²) in [5.74, 6) is 0. The Balaban J connectivity index is 1.94. The zero-order valence-electron chi connectivity index (χ0n) is 14.6. The van der Waals surface area contributed by atoms with Gasteiger partial charge in [0.2, 0.25) is 0 Å². The predicted octanol–water partition coefficient (Wildman–Crippen LogP) is 7.21. The van der Waals surface area contributed by atoms with Gasteiger partial charge < -0.3 is 0 Å². The number of hydrogen-bond acceptors (Lipinski definition) is 1. The summed E-state index contributed by atoms with van der Waals surface area (Å²) < 4.78 is 0. The quantitative estimate of drug-likeness (QED) is 0.376. The molecule has 0 aliphatic heterocycles. The maximum atomic E-state index is 9.29. The van der Waals surface area contributed by atoms with Crippen LogP contribution in [0.5, 0.6) is 0 Å². The first-order chi connectivity index (χ1) is 13.2. The van der Waals surface area contributed by atoms with Gasteiger partial charge in [-0.3, -0.25) is 0 Å². The molecule has 0 radical (unpaired) electrons. The highest BCUT2D eigenvalue weighted by Crippen LogP contribution is 2.34. The second-order valence-corrected chi connectivity index (χ2v) is 6.81. The van der Waals surface area contributed by atoms with E-state index in [-0.39, 0.29) is 0 Å². The number of benzene rings is 4. The van der Waals surface area contributed by atoms with E-state index >= 15 is 0 Å². The van der Waals surface area contributed by atoms with Crippen molar-refractivity contribution < 1.29 is 0 Å². The van der Waals surface area contributed by atoms with E-state index < -0.39 is 0 Å². The third-order valence-electron chi connectivity index (χ3n) is 4.51. The van der Waals surface area contributed by atoms with Crippen LogP contribution in [0.3, 0.4) is 0 Å². The smallest absolute Gasteiger partial charge is 0.0992 e. The van der Waals surface area contributed by atoms with Crippen LogP contribution in [0.25, 0.3) is 33.4 Å². The molecule has 128 valence electrons. The average molecular weight is 366 g/mol. The Bertz CT molecular complexity index is 1070. The number of halogens is 1. The standard InChI is InChI=1S/C25H16ClN/c26-25-12-18(17-27)11-21(16-25)24-14-22(19-7-3-1-4-8-19)13-23(15-24)20-9-5-2-6-10-20/h1-16H. The Morgan fingerprint density at radius 1 is 0.519 bits per heavy atom. The lowest BCUT2D eigenvalue weighted by Crippen LogP contribution is -1.87. The van der Waals surface area contributed by atoms with Gasteiger partial charge in [0.1, 0.15) is 0 Å². The van der Waals surface area contributed by atoms with Crippen molar-refractivity contribution in [1.82, 2.24) is 0 Å². The Morgan fingerprint density at radius 3 is 1.44 bits per heavy atom. The van der Waals surface area contributed by atoms with Crippen LogP contribution in [-0.2, 0) is 0 Å². The molecule has 0 spiro atoms. The first-order valence-corrected chi connectivity index (χ1v) is 9.08. The van der Waals surface area contributed by atoms with E-state index in [1.807, 2.05) is 48.5 Å². The van der Waals surface area contributed by atoms with E-state index in [0.29, 0.717) is 10.6 Å². The lowest BCUT2D eigenvalue weighted by Gasteiger charge is -2.12. The topological polar surface area (TPSA) is 23.8 Å². The van der Waals surface area contributed by atoms with Gasteiger partial charge in [0.05, 0.1) is 11.6 Å². The van der Waals surface area contributed by atoms with Crippen molar-refractivity contribution in [3.63, 3.8) is 0 Å². The second kappa shape index (κ2) is 7.50. The van der Waals surface area contributed by atoms with Crippen LogP contribution in [0, 0.1) is 11.3 Å². The summed E-state index contributed by atoms with van der Waals surface area (Å²) in [5, 5.41) is 9.86. The molecule has 0 aliphatic carbocycles. The fourth-order valence-corrected chi connectivity index (χ4v) is 3.44. The molecule has 0 bridgehead atoms. The molecule has 2 heteroatoms. The van der Waals surface area contributed by atoms with Gasteiger partial charge in [0.25, 0.3) is 0 Å². The van der Waals surface area contributed by atoms with E-state index in [0.717, 1.165) is 33.4 Å². The minimum absolute atomic E-state index is 0.559. The molecule has 0 atom stereocenters. The molecular weight excluding hydrogens is 350 g/mol. The summed E-state index contributed by atoms with van der Waals surface area (Å²) in [6, 6.07) is 34.7. The number of rotatable bonds is 3. The summed E-state index contributed by atoms with van der Waals surface area (Å²) in [7, 11) is 0. The highest BCUT2D eigenvalue weighted by molar-refractivity contribution is 6.31. The summed E-state index contributed by atoms with van der Waals surface area (Å²) in [5.41, 5.74) is 7.10. The first kappa shape index (κ1) is 17.1. The summed E-state index contributed by atoms with van der Waals surface area (Å²) >= 11 is 6.24. The average Bonchev–Trinajstić information content (AvgIpc) is 2.74. The first-order valence-electron chi connectivity index (χ1n) is 8.70. The molecule has 0 fully saturated rings. The second-order valence-electron chi connectivity index (χ2n) is 6.37. The van der Waals surface area contributed by atoms with E-state index in [1.54, 1.807) is 6.07 Å². The van der Waals surface area contributed by atoms with Gasteiger partial charge in [-0.2, -0.15) is 5.26 Å². The van der Waals surface area contributed by atoms with Crippen LogP contribution in [0.2, 0.25) is 5.02 Å². The Kier molecular flexibility index (Phi) is 4.75.